The van der Waals surface area contributed by atoms with E-state index in [1.54, 1.807) is 6.07 Å². The number of aryl methyl sites for hydroxylation is 1. The molecular formula is C12H13BrFNO2. The van der Waals surface area contributed by atoms with Gasteiger partial charge in [-0.2, -0.15) is 0 Å². The lowest BCUT2D eigenvalue weighted by molar-refractivity contribution is -0.119. The first-order valence-corrected chi connectivity index (χ1v) is 6.57. The Hall–Kier alpha value is -0.940. The van der Waals surface area contributed by atoms with E-state index < -0.39 is 6.10 Å². The Balaban J connectivity index is 2.32. The number of aliphatic hydroxyl groups excluding tert-OH is 1. The van der Waals surface area contributed by atoms with Crippen molar-refractivity contribution in [3.05, 3.63) is 29.6 Å². The quantitative estimate of drug-likeness (QED) is 0.866. The zero-order chi connectivity index (χ0) is 12.4. The SMILES string of the molecule is O=C1CCc2ccc(F)cc2N1CC(O)CBr. The summed E-state index contributed by atoms with van der Waals surface area (Å²) < 4.78 is 13.2. The normalized spacial score (nSPS) is 16.9. The second-order valence-corrected chi connectivity index (χ2v) is 4.73. The number of benzene rings is 1. The molecular weight excluding hydrogens is 289 g/mol. The van der Waals surface area contributed by atoms with Crippen LogP contribution in [0.4, 0.5) is 10.1 Å². The molecule has 1 amide bonds. The lowest BCUT2D eigenvalue weighted by atomic mass is 10.0. The largest absolute Gasteiger partial charge is 0.390 e. The Morgan fingerprint density at radius 3 is 2.94 bits per heavy atom. The zero-order valence-corrected chi connectivity index (χ0v) is 10.8. The fourth-order valence-electron chi connectivity index (χ4n) is 1.97. The number of nitrogens with zero attached hydrogens (tertiary/aromatic N) is 1. The monoisotopic (exact) mass is 301 g/mol. The van der Waals surface area contributed by atoms with E-state index in [2.05, 4.69) is 15.9 Å². The fraction of sp³-hybridized carbons (Fsp3) is 0.417. The van der Waals surface area contributed by atoms with E-state index in [1.165, 1.54) is 17.0 Å². The number of alkyl halides is 1. The summed E-state index contributed by atoms with van der Waals surface area (Å²) in [5.74, 6) is -0.431. The van der Waals surface area contributed by atoms with E-state index in [1.807, 2.05) is 0 Å². The van der Waals surface area contributed by atoms with Crippen molar-refractivity contribution < 1.29 is 14.3 Å². The molecule has 1 N–H and O–H groups in total. The summed E-state index contributed by atoms with van der Waals surface area (Å²) in [6.07, 6.45) is 0.399. The average molecular weight is 302 g/mol. The van der Waals surface area contributed by atoms with Gasteiger partial charge in [-0.3, -0.25) is 4.79 Å². The molecule has 0 spiro atoms. The summed E-state index contributed by atoms with van der Waals surface area (Å²) in [6, 6.07) is 4.45. The molecule has 0 radical (unpaired) electrons. The molecule has 5 heteroatoms. The van der Waals surface area contributed by atoms with Crippen molar-refractivity contribution in [2.45, 2.75) is 18.9 Å². The number of halogens is 2. The zero-order valence-electron chi connectivity index (χ0n) is 9.20. The Morgan fingerprint density at radius 1 is 1.47 bits per heavy atom. The van der Waals surface area contributed by atoms with Gasteiger partial charge in [-0.05, 0) is 24.1 Å². The molecule has 17 heavy (non-hydrogen) atoms. The summed E-state index contributed by atoms with van der Waals surface area (Å²) in [5.41, 5.74) is 1.54. The molecule has 1 aliphatic rings. The highest BCUT2D eigenvalue weighted by Gasteiger charge is 2.25. The van der Waals surface area contributed by atoms with Gasteiger partial charge in [0, 0.05) is 17.4 Å². The number of anilines is 1. The molecule has 1 aliphatic heterocycles. The number of aliphatic hydroxyl groups is 1. The molecule has 0 aromatic heterocycles. The minimum atomic E-state index is -0.645. The van der Waals surface area contributed by atoms with Crippen molar-refractivity contribution in [3.8, 4) is 0 Å². The van der Waals surface area contributed by atoms with Gasteiger partial charge in [-0.25, -0.2) is 4.39 Å². The molecule has 3 nitrogen and oxygen atoms in total. The first-order valence-electron chi connectivity index (χ1n) is 5.44. The first kappa shape index (κ1) is 12.5. The smallest absolute Gasteiger partial charge is 0.227 e. The maximum Gasteiger partial charge on any atom is 0.227 e. The molecule has 0 saturated carbocycles. The van der Waals surface area contributed by atoms with Gasteiger partial charge < -0.3 is 10.0 Å². The number of carbonyl (C=O) groups excluding carboxylic acids is 1. The van der Waals surface area contributed by atoms with Gasteiger partial charge >= 0.3 is 0 Å². The number of fused-ring (bicyclic) bond motifs is 1. The van der Waals surface area contributed by atoms with Crippen LogP contribution in [0, 0.1) is 5.82 Å². The van der Waals surface area contributed by atoms with E-state index in [0.717, 1.165) is 5.56 Å². The summed E-state index contributed by atoms with van der Waals surface area (Å²) in [5, 5.41) is 9.98. The van der Waals surface area contributed by atoms with Crippen LogP contribution in [-0.2, 0) is 11.2 Å². The van der Waals surface area contributed by atoms with Gasteiger partial charge in [-0.1, -0.05) is 22.0 Å². The van der Waals surface area contributed by atoms with Crippen molar-refractivity contribution in [2.24, 2.45) is 0 Å². The van der Waals surface area contributed by atoms with Gasteiger partial charge in [-0.15, -0.1) is 0 Å². The summed E-state index contributed by atoms with van der Waals surface area (Å²) in [7, 11) is 0. The van der Waals surface area contributed by atoms with E-state index in [4.69, 9.17) is 0 Å². The van der Waals surface area contributed by atoms with Crippen molar-refractivity contribution in [3.63, 3.8) is 0 Å². The maximum atomic E-state index is 13.2. The Morgan fingerprint density at radius 2 is 2.24 bits per heavy atom. The van der Waals surface area contributed by atoms with Gasteiger partial charge in [0.15, 0.2) is 0 Å². The molecule has 1 heterocycles. The van der Waals surface area contributed by atoms with Crippen LogP contribution in [0.3, 0.4) is 0 Å². The molecule has 1 atom stereocenters. The number of hydrogen-bond donors (Lipinski definition) is 1. The van der Waals surface area contributed by atoms with Crippen LogP contribution in [-0.4, -0.2) is 29.0 Å². The second kappa shape index (κ2) is 5.14. The molecule has 2 rings (SSSR count). The minimum Gasteiger partial charge on any atom is -0.390 e. The van der Waals surface area contributed by atoms with E-state index in [9.17, 15) is 14.3 Å². The van der Waals surface area contributed by atoms with E-state index in [0.29, 0.717) is 23.9 Å². The first-order chi connectivity index (χ1) is 8.11. The van der Waals surface area contributed by atoms with Gasteiger partial charge in [0.1, 0.15) is 5.82 Å². The molecule has 0 bridgehead atoms. The molecule has 0 fully saturated rings. The van der Waals surface area contributed by atoms with Gasteiger partial charge in [0.2, 0.25) is 5.91 Å². The third-order valence-corrected chi connectivity index (χ3v) is 3.57. The molecule has 0 saturated heterocycles. The fourth-order valence-corrected chi connectivity index (χ4v) is 2.18. The summed E-state index contributed by atoms with van der Waals surface area (Å²) in [6.45, 7) is 0.195. The highest BCUT2D eigenvalue weighted by Crippen LogP contribution is 2.28. The number of rotatable bonds is 3. The van der Waals surface area contributed by atoms with Crippen LogP contribution in [0.1, 0.15) is 12.0 Å². The van der Waals surface area contributed by atoms with Crippen molar-refractivity contribution in [2.75, 3.05) is 16.8 Å². The second-order valence-electron chi connectivity index (χ2n) is 4.09. The standard InChI is InChI=1S/C12H13BrFNO2/c13-6-10(16)7-15-11-5-9(14)3-1-8(11)2-4-12(15)17/h1,3,5,10,16H,2,4,6-7H2. The molecule has 0 aliphatic carbocycles. The minimum absolute atomic E-state index is 0.0666. The molecule has 1 aromatic carbocycles. The van der Waals surface area contributed by atoms with Crippen LogP contribution in [0.15, 0.2) is 18.2 Å². The predicted octanol–water partition coefficient (Wildman–Crippen LogP) is 1.86. The third-order valence-electron chi connectivity index (χ3n) is 2.82. The van der Waals surface area contributed by atoms with Crippen molar-refractivity contribution in [1.82, 2.24) is 0 Å². The summed E-state index contributed by atoms with van der Waals surface area (Å²) in [4.78, 5) is 13.3. The van der Waals surface area contributed by atoms with Crippen molar-refractivity contribution in [1.29, 1.82) is 0 Å². The van der Waals surface area contributed by atoms with Crippen LogP contribution in [0.2, 0.25) is 0 Å². The third kappa shape index (κ3) is 2.66. The van der Waals surface area contributed by atoms with Crippen LogP contribution in [0.5, 0.6) is 0 Å². The number of amides is 1. The van der Waals surface area contributed by atoms with Gasteiger partial charge in [0.05, 0.1) is 12.6 Å². The highest BCUT2D eigenvalue weighted by molar-refractivity contribution is 9.09. The Labute approximate surface area is 107 Å². The van der Waals surface area contributed by atoms with Crippen LogP contribution < -0.4 is 4.90 Å². The Kier molecular flexibility index (Phi) is 3.79. The van der Waals surface area contributed by atoms with Crippen LogP contribution >= 0.6 is 15.9 Å². The summed E-state index contributed by atoms with van der Waals surface area (Å²) >= 11 is 3.15. The average Bonchev–Trinajstić information content (AvgIpc) is 2.32. The highest BCUT2D eigenvalue weighted by atomic mass is 79.9. The Bertz CT molecular complexity index is 439. The van der Waals surface area contributed by atoms with E-state index in [-0.39, 0.29) is 18.3 Å². The number of carbonyl (C=O) groups is 1. The van der Waals surface area contributed by atoms with E-state index >= 15 is 0 Å². The lowest BCUT2D eigenvalue weighted by Gasteiger charge is -2.30. The number of hydrogen-bond acceptors (Lipinski definition) is 2. The lowest BCUT2D eigenvalue weighted by Crippen LogP contribution is -2.41. The molecule has 92 valence electrons. The van der Waals surface area contributed by atoms with Crippen molar-refractivity contribution >= 4 is 27.5 Å². The predicted molar refractivity (Wildman–Crippen MR) is 66.9 cm³/mol. The van der Waals surface area contributed by atoms with Crippen LogP contribution in [0.25, 0.3) is 0 Å². The number of β-amino-alcohol motifs (C(OH)–C–C–N with tert-alkyl or cyclic N) is 1. The molecule has 1 unspecified atom stereocenters. The van der Waals surface area contributed by atoms with Gasteiger partial charge in [0.25, 0.3) is 0 Å². The topological polar surface area (TPSA) is 40.5 Å². The maximum absolute atomic E-state index is 13.2. The molecule has 1 aromatic rings.